The average Bonchev–Trinajstić information content (AvgIpc) is 2.36. The van der Waals surface area contributed by atoms with Crippen LogP contribution in [0.5, 0.6) is 0 Å². The molecular formula is C15H22N4. The van der Waals surface area contributed by atoms with E-state index in [-0.39, 0.29) is 0 Å². The minimum Gasteiger partial charge on any atom is -0.235 e. The van der Waals surface area contributed by atoms with Crippen LogP contribution >= 0.6 is 0 Å². The summed E-state index contributed by atoms with van der Waals surface area (Å²) in [5, 5.41) is 8.64. The Bertz CT molecular complexity index is 583. The Balaban J connectivity index is 2.72. The summed E-state index contributed by atoms with van der Waals surface area (Å²) >= 11 is 0. The molecule has 0 fully saturated rings. The van der Waals surface area contributed by atoms with Crippen molar-refractivity contribution in [3.8, 4) is 0 Å². The third-order valence-electron chi connectivity index (χ3n) is 3.16. The van der Waals surface area contributed by atoms with Crippen LogP contribution in [0, 0.1) is 0 Å². The highest BCUT2D eigenvalue weighted by Gasteiger charge is 2.15. The molecule has 0 radical (unpaired) electrons. The second-order valence-corrected chi connectivity index (χ2v) is 5.93. The number of fused-ring (bicyclic) bond motifs is 1. The van der Waals surface area contributed by atoms with Gasteiger partial charge < -0.3 is 0 Å². The summed E-state index contributed by atoms with van der Waals surface area (Å²) in [5.41, 5.74) is 3.73. The molecule has 0 aliphatic rings. The molecule has 0 saturated heterocycles. The van der Waals surface area contributed by atoms with Crippen LogP contribution in [0.1, 0.15) is 76.5 Å². The van der Waals surface area contributed by atoms with E-state index in [0.717, 1.165) is 28.2 Å². The van der Waals surface area contributed by atoms with E-state index in [0.29, 0.717) is 17.8 Å². The lowest BCUT2D eigenvalue weighted by Crippen LogP contribution is -2.07. The first-order valence-corrected chi connectivity index (χ1v) is 6.95. The van der Waals surface area contributed by atoms with E-state index >= 15 is 0 Å². The fraction of sp³-hybridized carbons (Fsp3) is 0.600. The van der Waals surface area contributed by atoms with Crippen molar-refractivity contribution in [2.24, 2.45) is 0 Å². The predicted octanol–water partition coefficient (Wildman–Crippen LogP) is 3.79. The van der Waals surface area contributed by atoms with Gasteiger partial charge in [-0.05, 0) is 17.9 Å². The molecule has 4 heteroatoms. The van der Waals surface area contributed by atoms with E-state index in [1.807, 2.05) is 6.07 Å². The second kappa shape index (κ2) is 5.19. The molecule has 2 aromatic heterocycles. The molecule has 0 aliphatic heterocycles. The zero-order chi connectivity index (χ0) is 14.2. The van der Waals surface area contributed by atoms with Gasteiger partial charge >= 0.3 is 0 Å². The maximum Gasteiger partial charge on any atom is 0.133 e. The van der Waals surface area contributed by atoms with Gasteiger partial charge in [-0.1, -0.05) is 41.5 Å². The summed E-state index contributed by atoms with van der Waals surface area (Å²) in [4.78, 5) is 9.31. The molecule has 0 aliphatic carbocycles. The fourth-order valence-electron chi connectivity index (χ4n) is 1.93. The highest BCUT2D eigenvalue weighted by Crippen LogP contribution is 2.24. The van der Waals surface area contributed by atoms with Gasteiger partial charge in [0, 0.05) is 5.92 Å². The average molecular weight is 258 g/mol. The Kier molecular flexibility index (Phi) is 3.78. The van der Waals surface area contributed by atoms with Crippen LogP contribution in [0.15, 0.2) is 6.07 Å². The van der Waals surface area contributed by atoms with Gasteiger partial charge in [-0.25, -0.2) is 9.97 Å². The molecule has 19 heavy (non-hydrogen) atoms. The first kappa shape index (κ1) is 13.8. The fourth-order valence-corrected chi connectivity index (χ4v) is 1.93. The van der Waals surface area contributed by atoms with Crippen LogP contribution in [0.2, 0.25) is 0 Å². The van der Waals surface area contributed by atoms with E-state index < -0.39 is 0 Å². The van der Waals surface area contributed by atoms with E-state index in [9.17, 15) is 0 Å². The van der Waals surface area contributed by atoms with Crippen molar-refractivity contribution in [2.45, 2.75) is 59.3 Å². The highest BCUT2D eigenvalue weighted by molar-refractivity contribution is 5.76. The molecule has 2 rings (SSSR count). The molecule has 4 nitrogen and oxygen atoms in total. The summed E-state index contributed by atoms with van der Waals surface area (Å²) in [6.07, 6.45) is 0. The van der Waals surface area contributed by atoms with E-state index in [2.05, 4.69) is 61.7 Å². The smallest absolute Gasteiger partial charge is 0.133 e. The summed E-state index contributed by atoms with van der Waals surface area (Å²) in [6.45, 7) is 12.7. The normalized spacial score (nSPS) is 12.1. The Labute approximate surface area is 114 Å². The van der Waals surface area contributed by atoms with Crippen molar-refractivity contribution in [1.29, 1.82) is 0 Å². The van der Waals surface area contributed by atoms with Crippen molar-refractivity contribution in [3.63, 3.8) is 0 Å². The SMILES string of the molecule is CC(C)c1cc2nc(C(C)C)nc(C(C)C)c2nn1. The van der Waals surface area contributed by atoms with Crippen molar-refractivity contribution in [1.82, 2.24) is 20.2 Å². The molecule has 0 aromatic carbocycles. The second-order valence-electron chi connectivity index (χ2n) is 5.93. The van der Waals surface area contributed by atoms with E-state index in [4.69, 9.17) is 0 Å². The largest absolute Gasteiger partial charge is 0.235 e. The predicted molar refractivity (Wildman–Crippen MR) is 77.4 cm³/mol. The third-order valence-corrected chi connectivity index (χ3v) is 3.16. The third kappa shape index (κ3) is 2.72. The van der Waals surface area contributed by atoms with Gasteiger partial charge in [-0.2, -0.15) is 5.10 Å². The zero-order valence-corrected chi connectivity index (χ0v) is 12.6. The van der Waals surface area contributed by atoms with Gasteiger partial charge in [0.05, 0.1) is 16.9 Å². The maximum absolute atomic E-state index is 4.66. The lowest BCUT2D eigenvalue weighted by Gasteiger charge is -2.13. The van der Waals surface area contributed by atoms with Gasteiger partial charge in [-0.3, -0.25) is 0 Å². The minimum atomic E-state index is 0.317. The van der Waals surface area contributed by atoms with Crippen LogP contribution in [0.4, 0.5) is 0 Å². The van der Waals surface area contributed by atoms with Gasteiger partial charge in [0.2, 0.25) is 0 Å². The summed E-state index contributed by atoms with van der Waals surface area (Å²) in [6, 6.07) is 2.05. The lowest BCUT2D eigenvalue weighted by molar-refractivity contribution is 0.732. The van der Waals surface area contributed by atoms with Crippen molar-refractivity contribution in [3.05, 3.63) is 23.3 Å². The highest BCUT2D eigenvalue weighted by atomic mass is 15.1. The zero-order valence-electron chi connectivity index (χ0n) is 12.6. The van der Waals surface area contributed by atoms with Crippen molar-refractivity contribution >= 4 is 11.0 Å². The van der Waals surface area contributed by atoms with Gasteiger partial charge in [-0.15, -0.1) is 5.10 Å². The van der Waals surface area contributed by atoms with Gasteiger partial charge in [0.25, 0.3) is 0 Å². The van der Waals surface area contributed by atoms with Crippen LogP contribution in [-0.2, 0) is 0 Å². The Morgan fingerprint density at radius 1 is 0.789 bits per heavy atom. The van der Waals surface area contributed by atoms with E-state index in [1.165, 1.54) is 0 Å². The van der Waals surface area contributed by atoms with Crippen LogP contribution in [-0.4, -0.2) is 20.2 Å². The molecule has 0 spiro atoms. The van der Waals surface area contributed by atoms with Crippen LogP contribution < -0.4 is 0 Å². The van der Waals surface area contributed by atoms with Crippen LogP contribution in [0.25, 0.3) is 11.0 Å². The standard InChI is InChI=1S/C15H22N4/c1-8(2)11-7-12-14(19-18-11)13(9(3)4)17-15(16-12)10(5)6/h7-10H,1-6H3. The Hall–Kier alpha value is -1.58. The van der Waals surface area contributed by atoms with Gasteiger partial charge in [0.15, 0.2) is 0 Å². The first-order chi connectivity index (χ1) is 8.90. The van der Waals surface area contributed by atoms with Crippen molar-refractivity contribution < 1.29 is 0 Å². The Morgan fingerprint density at radius 2 is 1.47 bits per heavy atom. The number of nitrogens with zero attached hydrogens (tertiary/aromatic N) is 4. The summed E-state index contributed by atoms with van der Waals surface area (Å²) < 4.78 is 0. The minimum absolute atomic E-state index is 0.317. The topological polar surface area (TPSA) is 51.6 Å². The molecule has 102 valence electrons. The molecule has 0 saturated carbocycles. The number of aromatic nitrogens is 4. The molecule has 2 heterocycles. The molecule has 0 bridgehead atoms. The number of hydrogen-bond acceptors (Lipinski definition) is 4. The molecule has 2 aromatic rings. The first-order valence-electron chi connectivity index (χ1n) is 6.95. The Morgan fingerprint density at radius 3 is 2.00 bits per heavy atom. The van der Waals surface area contributed by atoms with Gasteiger partial charge in [0.1, 0.15) is 11.3 Å². The quantitative estimate of drug-likeness (QED) is 0.840. The van der Waals surface area contributed by atoms with Crippen molar-refractivity contribution in [2.75, 3.05) is 0 Å². The van der Waals surface area contributed by atoms with Crippen LogP contribution in [0.3, 0.4) is 0 Å². The maximum atomic E-state index is 4.66. The van der Waals surface area contributed by atoms with E-state index in [1.54, 1.807) is 0 Å². The molecule has 0 atom stereocenters. The summed E-state index contributed by atoms with van der Waals surface area (Å²) in [7, 11) is 0. The molecular weight excluding hydrogens is 236 g/mol. The molecule has 0 amide bonds. The number of hydrogen-bond donors (Lipinski definition) is 0. The molecule has 0 unspecified atom stereocenters. The summed E-state index contributed by atoms with van der Waals surface area (Å²) in [5.74, 6) is 1.88. The lowest BCUT2D eigenvalue weighted by atomic mass is 10.1. The number of rotatable bonds is 3. The molecule has 0 N–H and O–H groups in total. The monoisotopic (exact) mass is 258 g/mol.